The molecule has 0 radical (unpaired) electrons. The van der Waals surface area contributed by atoms with Crippen molar-refractivity contribution in [2.45, 2.75) is 18.8 Å². The van der Waals surface area contributed by atoms with Gasteiger partial charge in [-0.3, -0.25) is 4.98 Å². The molecule has 1 atom stereocenters. The second kappa shape index (κ2) is 4.82. The molecule has 1 fully saturated rings. The van der Waals surface area contributed by atoms with Crippen molar-refractivity contribution in [2.75, 3.05) is 13.1 Å². The molecule has 0 aromatic carbocycles. The Morgan fingerprint density at radius 3 is 3.20 bits per heavy atom. The highest BCUT2D eigenvalue weighted by molar-refractivity contribution is 5.48. The van der Waals surface area contributed by atoms with Gasteiger partial charge in [0.1, 0.15) is 0 Å². The van der Waals surface area contributed by atoms with E-state index in [1.54, 1.807) is 6.20 Å². The number of nitrogens with one attached hydrogen (secondary N) is 1. The summed E-state index contributed by atoms with van der Waals surface area (Å²) in [5, 5.41) is 3.35. The van der Waals surface area contributed by atoms with Gasteiger partial charge in [0.05, 0.1) is 11.9 Å². The Kier molecular flexibility index (Phi) is 3.22. The zero-order valence-electron chi connectivity index (χ0n) is 8.44. The predicted molar refractivity (Wildman–Crippen MR) is 56.9 cm³/mol. The van der Waals surface area contributed by atoms with E-state index in [1.807, 2.05) is 12.3 Å². The van der Waals surface area contributed by atoms with Crippen molar-refractivity contribution in [1.82, 2.24) is 10.3 Å². The minimum Gasteiger partial charge on any atom is -0.316 e. The number of hydrogen-bond acceptors (Lipinski definition) is 4. The normalized spacial score (nSPS) is 20.7. The van der Waals surface area contributed by atoms with Crippen LogP contribution in [0.2, 0.25) is 0 Å². The highest BCUT2D eigenvalue weighted by atomic mass is 16.1. The van der Waals surface area contributed by atoms with E-state index in [0.29, 0.717) is 11.6 Å². The van der Waals surface area contributed by atoms with Crippen molar-refractivity contribution >= 4 is 11.8 Å². The molecule has 1 aliphatic heterocycles. The Labute approximate surface area is 88.4 Å². The molecule has 1 N–H and O–H groups in total. The zero-order valence-corrected chi connectivity index (χ0v) is 8.44. The van der Waals surface area contributed by atoms with Crippen molar-refractivity contribution in [1.29, 1.82) is 0 Å². The smallest absolute Gasteiger partial charge is 0.240 e. The summed E-state index contributed by atoms with van der Waals surface area (Å²) in [5.74, 6) is 0.494. The fraction of sp³-hybridized carbons (Fsp3) is 0.455. The second-order valence-electron chi connectivity index (χ2n) is 3.72. The Bertz CT molecular complexity index is 379. The number of hydrogen-bond donors (Lipinski definition) is 1. The molecular formula is C11H13N3O. The van der Waals surface area contributed by atoms with Gasteiger partial charge in [0.15, 0.2) is 0 Å². The van der Waals surface area contributed by atoms with Gasteiger partial charge in [-0.15, -0.1) is 0 Å². The number of rotatable bonds is 2. The minimum absolute atomic E-state index is 0.494. The van der Waals surface area contributed by atoms with E-state index in [2.05, 4.69) is 15.3 Å². The van der Waals surface area contributed by atoms with Gasteiger partial charge in [0, 0.05) is 12.7 Å². The molecule has 78 valence electrons. The first-order chi connectivity index (χ1) is 7.40. The van der Waals surface area contributed by atoms with E-state index in [-0.39, 0.29) is 0 Å². The van der Waals surface area contributed by atoms with Gasteiger partial charge in [-0.05, 0) is 36.9 Å². The topological polar surface area (TPSA) is 54.4 Å². The third-order valence-electron chi connectivity index (χ3n) is 2.69. The summed E-state index contributed by atoms with van der Waals surface area (Å²) in [4.78, 5) is 17.8. The quantitative estimate of drug-likeness (QED) is 0.585. The third kappa shape index (κ3) is 2.49. The Balaban J connectivity index is 2.19. The second-order valence-corrected chi connectivity index (χ2v) is 3.72. The molecule has 4 nitrogen and oxygen atoms in total. The van der Waals surface area contributed by atoms with Gasteiger partial charge in [-0.25, -0.2) is 4.79 Å². The Morgan fingerprint density at radius 2 is 2.47 bits per heavy atom. The van der Waals surface area contributed by atoms with E-state index in [9.17, 15) is 4.79 Å². The van der Waals surface area contributed by atoms with Crippen LogP contribution in [0.1, 0.15) is 24.3 Å². The summed E-state index contributed by atoms with van der Waals surface area (Å²) in [6.07, 6.45) is 7.31. The lowest BCUT2D eigenvalue weighted by Gasteiger charge is -2.22. The lowest BCUT2D eigenvalue weighted by molar-refractivity contribution is 0.461. The highest BCUT2D eigenvalue weighted by Gasteiger charge is 2.15. The number of isocyanates is 1. The first-order valence-corrected chi connectivity index (χ1v) is 5.13. The van der Waals surface area contributed by atoms with Gasteiger partial charge in [0.25, 0.3) is 0 Å². The van der Waals surface area contributed by atoms with Crippen LogP contribution in [0.4, 0.5) is 5.69 Å². The predicted octanol–water partition coefficient (Wildman–Crippen LogP) is 1.52. The van der Waals surface area contributed by atoms with Crippen LogP contribution in [0, 0.1) is 0 Å². The van der Waals surface area contributed by atoms with Crippen molar-refractivity contribution in [3.8, 4) is 0 Å². The molecule has 1 unspecified atom stereocenters. The lowest BCUT2D eigenvalue weighted by atomic mass is 9.93. The SMILES string of the molecule is O=C=Nc1cncc(C2CCCNC2)c1. The molecule has 1 aliphatic rings. The standard InChI is InChI=1S/C11H13N3O/c15-8-14-11-4-10(6-13-7-11)9-2-1-3-12-5-9/h4,6-7,9,12H,1-3,5H2. The number of aromatic nitrogens is 1. The number of carbonyl (C=O) groups excluding carboxylic acids is 1. The monoisotopic (exact) mass is 203 g/mol. The molecule has 1 aromatic heterocycles. The van der Waals surface area contributed by atoms with Gasteiger partial charge >= 0.3 is 0 Å². The fourth-order valence-electron chi connectivity index (χ4n) is 1.92. The van der Waals surface area contributed by atoms with Crippen LogP contribution in [0.3, 0.4) is 0 Å². The fourth-order valence-corrected chi connectivity index (χ4v) is 1.92. The number of pyridine rings is 1. The summed E-state index contributed by atoms with van der Waals surface area (Å²) in [6, 6.07) is 1.91. The average Bonchev–Trinajstić information content (AvgIpc) is 2.31. The third-order valence-corrected chi connectivity index (χ3v) is 2.69. The van der Waals surface area contributed by atoms with Crippen molar-refractivity contribution in [3.63, 3.8) is 0 Å². The van der Waals surface area contributed by atoms with E-state index in [0.717, 1.165) is 18.7 Å². The summed E-state index contributed by atoms with van der Waals surface area (Å²) in [6.45, 7) is 2.08. The average molecular weight is 203 g/mol. The number of aliphatic imine (C=N–C) groups is 1. The maximum Gasteiger partial charge on any atom is 0.240 e. The molecule has 2 heterocycles. The summed E-state index contributed by atoms with van der Waals surface area (Å²) in [7, 11) is 0. The van der Waals surface area contributed by atoms with Crippen LogP contribution in [0.5, 0.6) is 0 Å². The molecule has 1 aromatic rings. The summed E-state index contributed by atoms with van der Waals surface area (Å²) in [5.41, 5.74) is 1.74. The first kappa shape index (κ1) is 10.0. The van der Waals surface area contributed by atoms with Crippen molar-refractivity contribution in [3.05, 3.63) is 24.0 Å². The Hall–Kier alpha value is -1.51. The Morgan fingerprint density at radius 1 is 1.53 bits per heavy atom. The molecule has 1 saturated heterocycles. The van der Waals surface area contributed by atoms with Crippen LogP contribution < -0.4 is 5.32 Å². The minimum atomic E-state index is 0.494. The molecule has 0 spiro atoms. The van der Waals surface area contributed by atoms with E-state index < -0.39 is 0 Å². The van der Waals surface area contributed by atoms with Gasteiger partial charge in [-0.1, -0.05) is 0 Å². The van der Waals surface area contributed by atoms with Crippen molar-refractivity contribution in [2.24, 2.45) is 4.99 Å². The van der Waals surface area contributed by atoms with E-state index in [1.165, 1.54) is 18.9 Å². The first-order valence-electron chi connectivity index (χ1n) is 5.13. The maximum atomic E-state index is 10.1. The van der Waals surface area contributed by atoms with Gasteiger partial charge in [-0.2, -0.15) is 4.99 Å². The van der Waals surface area contributed by atoms with Crippen LogP contribution in [-0.2, 0) is 4.79 Å². The summed E-state index contributed by atoms with van der Waals surface area (Å²) < 4.78 is 0. The van der Waals surface area contributed by atoms with Crippen molar-refractivity contribution < 1.29 is 4.79 Å². The lowest BCUT2D eigenvalue weighted by Crippen LogP contribution is -2.28. The molecule has 15 heavy (non-hydrogen) atoms. The molecule has 0 bridgehead atoms. The molecule has 0 amide bonds. The molecular weight excluding hydrogens is 190 g/mol. The van der Waals surface area contributed by atoms with Crippen LogP contribution >= 0.6 is 0 Å². The van der Waals surface area contributed by atoms with Gasteiger partial charge in [0.2, 0.25) is 6.08 Å². The summed E-state index contributed by atoms with van der Waals surface area (Å²) >= 11 is 0. The zero-order chi connectivity index (χ0) is 10.5. The molecule has 0 aliphatic carbocycles. The maximum absolute atomic E-state index is 10.1. The van der Waals surface area contributed by atoms with Crippen LogP contribution in [-0.4, -0.2) is 24.2 Å². The highest BCUT2D eigenvalue weighted by Crippen LogP contribution is 2.24. The molecule has 2 rings (SSSR count). The van der Waals surface area contributed by atoms with E-state index in [4.69, 9.17) is 0 Å². The largest absolute Gasteiger partial charge is 0.316 e. The van der Waals surface area contributed by atoms with E-state index >= 15 is 0 Å². The number of piperidine rings is 1. The molecule has 4 heteroatoms. The van der Waals surface area contributed by atoms with Crippen LogP contribution in [0.25, 0.3) is 0 Å². The van der Waals surface area contributed by atoms with Gasteiger partial charge < -0.3 is 5.32 Å². The number of nitrogens with zero attached hydrogens (tertiary/aromatic N) is 2. The van der Waals surface area contributed by atoms with Crippen LogP contribution in [0.15, 0.2) is 23.5 Å². The molecule has 0 saturated carbocycles.